The van der Waals surface area contributed by atoms with Crippen molar-refractivity contribution in [3.63, 3.8) is 0 Å². The van der Waals surface area contributed by atoms with Crippen molar-refractivity contribution in [2.24, 2.45) is 5.73 Å². The third kappa shape index (κ3) is 1.53. The summed E-state index contributed by atoms with van der Waals surface area (Å²) in [6.45, 7) is 0.483. The van der Waals surface area contributed by atoms with Gasteiger partial charge in [-0.25, -0.2) is 9.50 Å². The zero-order chi connectivity index (χ0) is 13.5. The molecule has 0 aliphatic carbocycles. The number of nitrogens with zero attached hydrogens (tertiary/aromatic N) is 3. The maximum Gasteiger partial charge on any atom is 0.142 e. The summed E-state index contributed by atoms with van der Waals surface area (Å²) in [5.74, 6) is 0.821. The van der Waals surface area contributed by atoms with E-state index < -0.39 is 0 Å². The molecule has 5 nitrogen and oxygen atoms in total. The van der Waals surface area contributed by atoms with Crippen LogP contribution < -0.4 is 5.73 Å². The van der Waals surface area contributed by atoms with Gasteiger partial charge in [-0.15, -0.1) is 0 Å². The van der Waals surface area contributed by atoms with Crippen LogP contribution in [0.2, 0.25) is 0 Å². The van der Waals surface area contributed by atoms with Gasteiger partial charge in [0, 0.05) is 12.7 Å². The van der Waals surface area contributed by atoms with Gasteiger partial charge in [-0.2, -0.15) is 5.10 Å². The number of aromatic nitrogens is 4. The number of aromatic amines is 1. The van der Waals surface area contributed by atoms with Crippen molar-refractivity contribution in [2.75, 3.05) is 0 Å². The molecule has 1 aromatic carbocycles. The first-order chi connectivity index (χ1) is 9.86. The lowest BCUT2D eigenvalue weighted by molar-refractivity contribution is 0.961. The quantitative estimate of drug-likeness (QED) is 0.583. The van der Waals surface area contributed by atoms with Crippen molar-refractivity contribution in [1.82, 2.24) is 19.6 Å². The first kappa shape index (κ1) is 11.2. The number of para-hydroxylation sites is 1. The van der Waals surface area contributed by atoms with E-state index in [4.69, 9.17) is 5.73 Å². The molecule has 0 bridgehead atoms. The van der Waals surface area contributed by atoms with Gasteiger partial charge in [0.15, 0.2) is 0 Å². The molecule has 5 heteroatoms. The van der Waals surface area contributed by atoms with E-state index in [0.717, 1.165) is 33.5 Å². The normalized spacial score (nSPS) is 11.4. The molecule has 0 unspecified atom stereocenters. The zero-order valence-corrected chi connectivity index (χ0v) is 10.7. The molecule has 3 heterocycles. The number of nitrogens with one attached hydrogen (secondary N) is 1. The van der Waals surface area contributed by atoms with Crippen LogP contribution in [-0.4, -0.2) is 19.6 Å². The number of hydrogen-bond donors (Lipinski definition) is 2. The van der Waals surface area contributed by atoms with E-state index in [2.05, 4.69) is 15.1 Å². The maximum atomic E-state index is 5.76. The van der Waals surface area contributed by atoms with Gasteiger partial charge in [0.2, 0.25) is 0 Å². The monoisotopic (exact) mass is 263 g/mol. The summed E-state index contributed by atoms with van der Waals surface area (Å²) >= 11 is 0. The van der Waals surface area contributed by atoms with E-state index in [9.17, 15) is 0 Å². The average Bonchev–Trinajstić information content (AvgIpc) is 3.10. The SMILES string of the molecule is NCc1cccc2[nH]c(-c3cnn4ccccc34)nc12. The van der Waals surface area contributed by atoms with Crippen LogP contribution in [0.25, 0.3) is 27.9 Å². The molecule has 0 aliphatic rings. The number of hydrogen-bond acceptors (Lipinski definition) is 3. The van der Waals surface area contributed by atoms with Gasteiger partial charge in [-0.1, -0.05) is 18.2 Å². The standard InChI is InChI=1S/C15H13N5/c16-8-10-4-3-5-12-14(10)19-15(18-12)11-9-17-20-7-2-1-6-13(11)20/h1-7,9H,8,16H2,(H,18,19). The Bertz CT molecular complexity index is 903. The van der Waals surface area contributed by atoms with Crippen LogP contribution in [0.5, 0.6) is 0 Å². The summed E-state index contributed by atoms with van der Waals surface area (Å²) in [5, 5.41) is 4.34. The van der Waals surface area contributed by atoms with Crippen LogP contribution in [0.3, 0.4) is 0 Å². The molecule has 3 N–H and O–H groups in total. The molecule has 20 heavy (non-hydrogen) atoms. The fourth-order valence-corrected chi connectivity index (χ4v) is 2.50. The molecule has 4 rings (SSSR count). The van der Waals surface area contributed by atoms with Gasteiger partial charge in [0.1, 0.15) is 5.82 Å². The summed E-state index contributed by atoms with van der Waals surface area (Å²) in [6, 6.07) is 12.0. The molecule has 0 saturated carbocycles. The number of pyridine rings is 1. The van der Waals surface area contributed by atoms with Crippen molar-refractivity contribution >= 4 is 16.6 Å². The van der Waals surface area contributed by atoms with E-state index in [1.54, 1.807) is 0 Å². The summed E-state index contributed by atoms with van der Waals surface area (Å²) in [6.07, 6.45) is 3.75. The molecule has 98 valence electrons. The summed E-state index contributed by atoms with van der Waals surface area (Å²) in [5.41, 5.74) is 10.8. The highest BCUT2D eigenvalue weighted by Crippen LogP contribution is 2.25. The summed E-state index contributed by atoms with van der Waals surface area (Å²) in [7, 11) is 0. The van der Waals surface area contributed by atoms with Crippen LogP contribution in [0.1, 0.15) is 5.56 Å². The maximum absolute atomic E-state index is 5.76. The number of rotatable bonds is 2. The van der Waals surface area contributed by atoms with Crippen molar-refractivity contribution < 1.29 is 0 Å². The first-order valence-corrected chi connectivity index (χ1v) is 6.47. The molecule has 3 aromatic heterocycles. The van der Waals surface area contributed by atoms with Crippen molar-refractivity contribution in [1.29, 1.82) is 0 Å². The second kappa shape index (κ2) is 4.18. The zero-order valence-electron chi connectivity index (χ0n) is 10.7. The Labute approximate surface area is 115 Å². The van der Waals surface area contributed by atoms with Crippen molar-refractivity contribution in [3.05, 3.63) is 54.4 Å². The Balaban J connectivity index is 1.98. The van der Waals surface area contributed by atoms with E-state index >= 15 is 0 Å². The number of benzene rings is 1. The first-order valence-electron chi connectivity index (χ1n) is 6.47. The Morgan fingerprint density at radius 1 is 1.15 bits per heavy atom. The second-order valence-electron chi connectivity index (χ2n) is 4.69. The molecule has 0 radical (unpaired) electrons. The third-order valence-corrected chi connectivity index (χ3v) is 3.50. The van der Waals surface area contributed by atoms with Gasteiger partial charge < -0.3 is 10.7 Å². The fourth-order valence-electron chi connectivity index (χ4n) is 2.50. The van der Waals surface area contributed by atoms with Crippen LogP contribution >= 0.6 is 0 Å². The Hall–Kier alpha value is -2.66. The number of H-pyrrole nitrogens is 1. The molecule has 0 atom stereocenters. The predicted octanol–water partition coefficient (Wildman–Crippen LogP) is 2.34. The van der Waals surface area contributed by atoms with Crippen LogP contribution in [0.15, 0.2) is 48.8 Å². The number of nitrogens with two attached hydrogens (primary N) is 1. The smallest absolute Gasteiger partial charge is 0.142 e. The highest BCUT2D eigenvalue weighted by Gasteiger charge is 2.12. The van der Waals surface area contributed by atoms with Gasteiger partial charge in [-0.3, -0.25) is 0 Å². The van der Waals surface area contributed by atoms with Crippen LogP contribution in [0, 0.1) is 0 Å². The summed E-state index contributed by atoms with van der Waals surface area (Å²) < 4.78 is 1.84. The molecular formula is C15H13N5. The minimum atomic E-state index is 0.483. The third-order valence-electron chi connectivity index (χ3n) is 3.50. The molecule has 0 fully saturated rings. The van der Waals surface area contributed by atoms with E-state index in [-0.39, 0.29) is 0 Å². The van der Waals surface area contributed by atoms with Gasteiger partial charge in [-0.05, 0) is 23.8 Å². The molecule has 4 aromatic rings. The molecule has 0 saturated heterocycles. The average molecular weight is 263 g/mol. The minimum absolute atomic E-state index is 0.483. The number of fused-ring (bicyclic) bond motifs is 2. The lowest BCUT2D eigenvalue weighted by Crippen LogP contribution is -1.96. The van der Waals surface area contributed by atoms with E-state index in [1.165, 1.54) is 0 Å². The molecule has 0 aliphatic heterocycles. The number of imidazole rings is 1. The molecule has 0 spiro atoms. The predicted molar refractivity (Wildman–Crippen MR) is 78.2 cm³/mol. The second-order valence-corrected chi connectivity index (χ2v) is 4.69. The lowest BCUT2D eigenvalue weighted by Gasteiger charge is -1.95. The molecular weight excluding hydrogens is 250 g/mol. The highest BCUT2D eigenvalue weighted by molar-refractivity contribution is 5.85. The minimum Gasteiger partial charge on any atom is -0.338 e. The topological polar surface area (TPSA) is 72.0 Å². The fraction of sp³-hybridized carbons (Fsp3) is 0.0667. The van der Waals surface area contributed by atoms with Gasteiger partial charge in [0.25, 0.3) is 0 Å². The van der Waals surface area contributed by atoms with E-state index in [0.29, 0.717) is 6.54 Å². The van der Waals surface area contributed by atoms with Crippen molar-refractivity contribution in [3.8, 4) is 11.4 Å². The Morgan fingerprint density at radius 2 is 2.10 bits per heavy atom. The lowest BCUT2D eigenvalue weighted by atomic mass is 10.2. The summed E-state index contributed by atoms with van der Waals surface area (Å²) in [4.78, 5) is 8.03. The van der Waals surface area contributed by atoms with E-state index in [1.807, 2.05) is 53.3 Å². The van der Waals surface area contributed by atoms with Gasteiger partial charge >= 0.3 is 0 Å². The Morgan fingerprint density at radius 3 is 3.00 bits per heavy atom. The highest BCUT2D eigenvalue weighted by atomic mass is 15.2. The largest absolute Gasteiger partial charge is 0.338 e. The van der Waals surface area contributed by atoms with Crippen LogP contribution in [-0.2, 0) is 6.54 Å². The Kier molecular flexibility index (Phi) is 2.34. The molecule has 0 amide bonds. The van der Waals surface area contributed by atoms with Crippen molar-refractivity contribution in [2.45, 2.75) is 6.54 Å². The van der Waals surface area contributed by atoms with Gasteiger partial charge in [0.05, 0.1) is 28.3 Å². The van der Waals surface area contributed by atoms with Crippen LogP contribution in [0.4, 0.5) is 0 Å².